The number of anilines is 1. The van der Waals surface area contributed by atoms with Gasteiger partial charge in [-0.05, 0) is 12.3 Å². The normalized spacial score (nSPS) is 16.7. The zero-order valence-electron chi connectivity index (χ0n) is 13.3. The van der Waals surface area contributed by atoms with Gasteiger partial charge in [-0.1, -0.05) is 20.8 Å². The molecule has 0 aromatic carbocycles. The van der Waals surface area contributed by atoms with Crippen LogP contribution in [-0.2, 0) is 16.0 Å². The van der Waals surface area contributed by atoms with Crippen molar-refractivity contribution in [3.8, 4) is 0 Å². The van der Waals surface area contributed by atoms with Crippen LogP contribution in [0.3, 0.4) is 0 Å². The van der Waals surface area contributed by atoms with E-state index < -0.39 is 11.9 Å². The number of amides is 1. The standard InChI is InChI=1S/C15H23FN4O2/c1-4-11-12(16)14(18-9-17-11)19-13(10(2)3)15(21)20-5-7-22-8-6-20/h9-10,13H,4-8H2,1-3H3,(H,17,18,19). The van der Waals surface area contributed by atoms with Crippen LogP contribution in [0.2, 0.25) is 0 Å². The Labute approximate surface area is 130 Å². The molecule has 1 aromatic rings. The Bertz CT molecular complexity index is 518. The van der Waals surface area contributed by atoms with Gasteiger partial charge in [0.15, 0.2) is 11.6 Å². The molecule has 1 fully saturated rings. The molecule has 0 aliphatic carbocycles. The fraction of sp³-hybridized carbons (Fsp3) is 0.667. The number of nitrogens with zero attached hydrogens (tertiary/aromatic N) is 3. The third-order valence-electron chi connectivity index (χ3n) is 3.74. The number of aryl methyl sites for hydroxylation is 1. The summed E-state index contributed by atoms with van der Waals surface area (Å²) in [5.74, 6) is -0.429. The van der Waals surface area contributed by atoms with Gasteiger partial charge in [0.25, 0.3) is 0 Å². The Morgan fingerprint density at radius 2 is 2.09 bits per heavy atom. The van der Waals surface area contributed by atoms with Crippen molar-refractivity contribution in [2.24, 2.45) is 5.92 Å². The van der Waals surface area contributed by atoms with E-state index in [1.807, 2.05) is 20.8 Å². The van der Waals surface area contributed by atoms with E-state index in [0.29, 0.717) is 38.4 Å². The topological polar surface area (TPSA) is 67.4 Å². The van der Waals surface area contributed by atoms with E-state index in [1.165, 1.54) is 6.33 Å². The first kappa shape index (κ1) is 16.6. The monoisotopic (exact) mass is 310 g/mol. The summed E-state index contributed by atoms with van der Waals surface area (Å²) in [5.41, 5.74) is 0.346. The molecule has 2 rings (SSSR count). The summed E-state index contributed by atoms with van der Waals surface area (Å²) in [4.78, 5) is 22.3. The second-order valence-electron chi connectivity index (χ2n) is 5.64. The molecule has 1 aliphatic rings. The van der Waals surface area contributed by atoms with E-state index in [1.54, 1.807) is 4.90 Å². The number of hydrogen-bond acceptors (Lipinski definition) is 5. The molecule has 22 heavy (non-hydrogen) atoms. The van der Waals surface area contributed by atoms with Gasteiger partial charge in [-0.25, -0.2) is 14.4 Å². The highest BCUT2D eigenvalue weighted by Crippen LogP contribution is 2.18. The molecule has 0 radical (unpaired) electrons. The highest BCUT2D eigenvalue weighted by atomic mass is 19.1. The number of morpholine rings is 1. The summed E-state index contributed by atoms with van der Waals surface area (Å²) in [7, 11) is 0. The molecule has 2 heterocycles. The van der Waals surface area contributed by atoms with Gasteiger partial charge in [-0.2, -0.15) is 0 Å². The van der Waals surface area contributed by atoms with Crippen molar-refractivity contribution < 1.29 is 13.9 Å². The summed E-state index contributed by atoms with van der Waals surface area (Å²) < 4.78 is 19.5. The lowest BCUT2D eigenvalue weighted by Gasteiger charge is -2.32. The number of halogens is 1. The molecule has 1 unspecified atom stereocenters. The molecule has 1 N–H and O–H groups in total. The van der Waals surface area contributed by atoms with E-state index in [4.69, 9.17) is 4.74 Å². The summed E-state index contributed by atoms with van der Waals surface area (Å²) in [5, 5.41) is 2.96. The van der Waals surface area contributed by atoms with Crippen molar-refractivity contribution in [2.45, 2.75) is 33.2 Å². The number of hydrogen-bond donors (Lipinski definition) is 1. The smallest absolute Gasteiger partial charge is 0.245 e. The average molecular weight is 310 g/mol. The second-order valence-corrected chi connectivity index (χ2v) is 5.64. The van der Waals surface area contributed by atoms with Crippen molar-refractivity contribution >= 4 is 11.7 Å². The first-order chi connectivity index (χ1) is 10.5. The zero-order chi connectivity index (χ0) is 16.1. The number of ether oxygens (including phenoxy) is 1. The van der Waals surface area contributed by atoms with Gasteiger partial charge in [0.1, 0.15) is 12.4 Å². The molecular formula is C15H23FN4O2. The lowest BCUT2D eigenvalue weighted by Crippen LogP contribution is -2.50. The number of rotatable bonds is 5. The summed E-state index contributed by atoms with van der Waals surface area (Å²) in [6, 6.07) is -0.521. The second kappa shape index (κ2) is 7.49. The van der Waals surface area contributed by atoms with Crippen LogP contribution in [-0.4, -0.2) is 53.1 Å². The highest BCUT2D eigenvalue weighted by molar-refractivity contribution is 5.84. The summed E-state index contributed by atoms with van der Waals surface area (Å²) in [6.45, 7) is 7.89. The van der Waals surface area contributed by atoms with Crippen LogP contribution in [0, 0.1) is 11.7 Å². The number of nitrogens with one attached hydrogen (secondary N) is 1. The molecule has 0 spiro atoms. The molecule has 1 aliphatic heterocycles. The van der Waals surface area contributed by atoms with Crippen molar-refractivity contribution in [3.05, 3.63) is 17.8 Å². The minimum atomic E-state index is -0.521. The van der Waals surface area contributed by atoms with E-state index in [-0.39, 0.29) is 17.6 Å². The zero-order valence-corrected chi connectivity index (χ0v) is 13.3. The van der Waals surface area contributed by atoms with Crippen molar-refractivity contribution in [1.82, 2.24) is 14.9 Å². The SMILES string of the molecule is CCc1ncnc(NC(C(=O)N2CCOCC2)C(C)C)c1F. The van der Waals surface area contributed by atoms with E-state index >= 15 is 0 Å². The molecule has 1 atom stereocenters. The maximum Gasteiger partial charge on any atom is 0.245 e. The lowest BCUT2D eigenvalue weighted by atomic mass is 10.0. The fourth-order valence-corrected chi connectivity index (χ4v) is 2.39. The molecule has 1 aromatic heterocycles. The largest absolute Gasteiger partial charge is 0.378 e. The predicted molar refractivity (Wildman–Crippen MR) is 81.0 cm³/mol. The molecular weight excluding hydrogens is 287 g/mol. The first-order valence-corrected chi connectivity index (χ1v) is 7.67. The summed E-state index contributed by atoms with van der Waals surface area (Å²) >= 11 is 0. The lowest BCUT2D eigenvalue weighted by molar-refractivity contribution is -0.137. The van der Waals surface area contributed by atoms with Crippen LogP contribution in [0.4, 0.5) is 10.2 Å². The van der Waals surface area contributed by atoms with Crippen LogP contribution in [0.15, 0.2) is 6.33 Å². The van der Waals surface area contributed by atoms with Crippen molar-refractivity contribution in [1.29, 1.82) is 0 Å². The number of aromatic nitrogens is 2. The minimum Gasteiger partial charge on any atom is -0.378 e. The Morgan fingerprint density at radius 3 is 2.68 bits per heavy atom. The number of carbonyl (C=O) groups is 1. The molecule has 122 valence electrons. The van der Waals surface area contributed by atoms with Crippen molar-refractivity contribution in [3.63, 3.8) is 0 Å². The van der Waals surface area contributed by atoms with E-state index in [2.05, 4.69) is 15.3 Å². The van der Waals surface area contributed by atoms with Crippen LogP contribution in [0.5, 0.6) is 0 Å². The minimum absolute atomic E-state index is 0.00906. The third-order valence-corrected chi connectivity index (χ3v) is 3.74. The van der Waals surface area contributed by atoms with Gasteiger partial charge in [0.05, 0.1) is 18.9 Å². The van der Waals surface area contributed by atoms with Crippen LogP contribution in [0.1, 0.15) is 26.5 Å². The predicted octanol–water partition coefficient (Wildman–Crippen LogP) is 1.47. The Kier molecular flexibility index (Phi) is 5.65. The Morgan fingerprint density at radius 1 is 1.41 bits per heavy atom. The van der Waals surface area contributed by atoms with Gasteiger partial charge < -0.3 is 15.0 Å². The van der Waals surface area contributed by atoms with Crippen LogP contribution >= 0.6 is 0 Å². The Hall–Kier alpha value is -1.76. The highest BCUT2D eigenvalue weighted by Gasteiger charge is 2.29. The molecule has 7 heteroatoms. The average Bonchev–Trinajstić information content (AvgIpc) is 2.54. The maximum atomic E-state index is 14.3. The molecule has 0 bridgehead atoms. The molecule has 0 saturated carbocycles. The van der Waals surface area contributed by atoms with Gasteiger partial charge >= 0.3 is 0 Å². The quantitative estimate of drug-likeness (QED) is 0.892. The number of carbonyl (C=O) groups excluding carboxylic acids is 1. The van der Waals surface area contributed by atoms with Gasteiger partial charge in [-0.15, -0.1) is 0 Å². The molecule has 6 nitrogen and oxygen atoms in total. The third kappa shape index (κ3) is 3.71. The molecule has 1 amide bonds. The Balaban J connectivity index is 2.16. The van der Waals surface area contributed by atoms with E-state index in [9.17, 15) is 9.18 Å². The van der Waals surface area contributed by atoms with E-state index in [0.717, 1.165) is 0 Å². The van der Waals surface area contributed by atoms with Crippen LogP contribution in [0.25, 0.3) is 0 Å². The fourth-order valence-electron chi connectivity index (χ4n) is 2.39. The maximum absolute atomic E-state index is 14.3. The van der Waals surface area contributed by atoms with Gasteiger partial charge in [0.2, 0.25) is 5.91 Å². The summed E-state index contributed by atoms with van der Waals surface area (Å²) in [6.07, 6.45) is 1.80. The van der Waals surface area contributed by atoms with Crippen molar-refractivity contribution in [2.75, 3.05) is 31.6 Å². The first-order valence-electron chi connectivity index (χ1n) is 7.67. The molecule has 1 saturated heterocycles. The van der Waals surface area contributed by atoms with Crippen LogP contribution < -0.4 is 5.32 Å². The van der Waals surface area contributed by atoms with Gasteiger partial charge in [-0.3, -0.25) is 4.79 Å². The van der Waals surface area contributed by atoms with Gasteiger partial charge in [0, 0.05) is 13.1 Å².